The Kier molecular flexibility index (Phi) is 8.51. The molecule has 0 bridgehead atoms. The topological polar surface area (TPSA) is 38.8 Å². The molecule has 0 saturated heterocycles. The molecule has 3 aromatic carbocycles. The number of carbonyl (C=O) groups excluding carboxylic acids is 1. The molecule has 3 rings (SSSR count). The fourth-order valence-corrected chi connectivity index (χ4v) is 3.30. The van der Waals surface area contributed by atoms with Crippen LogP contribution in [0.15, 0.2) is 78.9 Å². The van der Waals surface area contributed by atoms with E-state index in [2.05, 4.69) is 17.0 Å². The van der Waals surface area contributed by atoms with Crippen molar-refractivity contribution in [3.63, 3.8) is 0 Å². The van der Waals surface area contributed by atoms with E-state index in [0.717, 1.165) is 23.6 Å². The molecular weight excluding hydrogens is 410 g/mol. The summed E-state index contributed by atoms with van der Waals surface area (Å²) >= 11 is 5.93. The van der Waals surface area contributed by atoms with Gasteiger partial charge in [-0.25, -0.2) is 4.79 Å². The second-order valence-electron chi connectivity index (χ2n) is 7.60. The van der Waals surface area contributed by atoms with Gasteiger partial charge in [0, 0.05) is 18.1 Å². The lowest BCUT2D eigenvalue weighted by molar-refractivity contribution is -0.151. The number of nitrogens with zero attached hydrogens (tertiary/aromatic N) is 1. The monoisotopic (exact) mass is 437 g/mol. The number of likely N-dealkylation sites (N-methyl/N-ethyl adjacent to an activating group) is 1. The van der Waals surface area contributed by atoms with E-state index in [-0.39, 0.29) is 5.97 Å². The summed E-state index contributed by atoms with van der Waals surface area (Å²) in [4.78, 5) is 14.4. The first kappa shape index (κ1) is 22.9. The van der Waals surface area contributed by atoms with Crippen molar-refractivity contribution in [3.05, 3.63) is 101 Å². The van der Waals surface area contributed by atoms with Gasteiger partial charge >= 0.3 is 5.97 Å². The van der Waals surface area contributed by atoms with Crippen molar-refractivity contribution in [3.8, 4) is 5.75 Å². The van der Waals surface area contributed by atoms with E-state index in [9.17, 15) is 4.79 Å². The highest BCUT2D eigenvalue weighted by molar-refractivity contribution is 6.30. The zero-order chi connectivity index (χ0) is 22.1. The van der Waals surface area contributed by atoms with Gasteiger partial charge in [-0.3, -0.25) is 4.90 Å². The average Bonchev–Trinajstić information content (AvgIpc) is 2.77. The smallest absolute Gasteiger partial charge is 0.347 e. The minimum absolute atomic E-state index is 0.329. The van der Waals surface area contributed by atoms with Crippen LogP contribution in [0.1, 0.15) is 23.6 Å². The fraction of sp³-hybridized carbons (Fsp3) is 0.269. The summed E-state index contributed by atoms with van der Waals surface area (Å²) in [6, 6.07) is 25.8. The van der Waals surface area contributed by atoms with Crippen molar-refractivity contribution in [1.29, 1.82) is 0 Å². The molecule has 0 N–H and O–H groups in total. The van der Waals surface area contributed by atoms with Gasteiger partial charge in [0.2, 0.25) is 0 Å². The molecule has 3 aromatic rings. The van der Waals surface area contributed by atoms with Gasteiger partial charge in [-0.15, -0.1) is 0 Å². The molecule has 0 fully saturated rings. The van der Waals surface area contributed by atoms with Gasteiger partial charge in [-0.1, -0.05) is 66.2 Å². The molecule has 0 aromatic heterocycles. The summed E-state index contributed by atoms with van der Waals surface area (Å²) in [6.45, 7) is 3.51. The van der Waals surface area contributed by atoms with E-state index in [1.807, 2.05) is 73.8 Å². The first-order chi connectivity index (χ1) is 15.0. The number of hydrogen-bond acceptors (Lipinski definition) is 4. The third kappa shape index (κ3) is 7.74. The van der Waals surface area contributed by atoms with Gasteiger partial charge < -0.3 is 9.47 Å². The maximum Gasteiger partial charge on any atom is 0.347 e. The molecule has 31 heavy (non-hydrogen) atoms. The van der Waals surface area contributed by atoms with Gasteiger partial charge in [0.1, 0.15) is 12.4 Å². The van der Waals surface area contributed by atoms with E-state index >= 15 is 0 Å². The summed E-state index contributed by atoms with van der Waals surface area (Å²) in [5.74, 6) is 0.281. The number of esters is 1. The zero-order valence-electron chi connectivity index (χ0n) is 18.0. The zero-order valence-corrected chi connectivity index (χ0v) is 18.7. The molecule has 1 atom stereocenters. The minimum Gasteiger partial charge on any atom is -0.479 e. The summed E-state index contributed by atoms with van der Waals surface area (Å²) in [5.41, 5.74) is 3.58. The highest BCUT2D eigenvalue weighted by Crippen LogP contribution is 2.18. The van der Waals surface area contributed by atoms with Crippen LogP contribution in [0.4, 0.5) is 0 Å². The molecule has 1 unspecified atom stereocenters. The quantitative estimate of drug-likeness (QED) is 0.399. The maximum absolute atomic E-state index is 12.2. The lowest BCUT2D eigenvalue weighted by Gasteiger charge is -2.18. The molecule has 5 heteroatoms. The van der Waals surface area contributed by atoms with Crippen LogP contribution in [0.25, 0.3) is 0 Å². The number of halogens is 1. The SMILES string of the molecule is CC(Oc1ccc(Cc2ccc(Cl)cc2)cc1)C(=O)OCCN(C)Cc1ccccc1. The van der Waals surface area contributed by atoms with E-state index in [1.165, 1.54) is 11.1 Å². The van der Waals surface area contributed by atoms with E-state index < -0.39 is 6.10 Å². The Balaban J connectivity index is 1.40. The molecule has 0 aliphatic heterocycles. The molecule has 0 aliphatic carbocycles. The lowest BCUT2D eigenvalue weighted by Crippen LogP contribution is -2.30. The Morgan fingerprint density at radius 2 is 1.52 bits per heavy atom. The largest absolute Gasteiger partial charge is 0.479 e. The molecule has 0 aliphatic rings. The lowest BCUT2D eigenvalue weighted by atomic mass is 10.1. The molecule has 4 nitrogen and oxygen atoms in total. The van der Waals surface area contributed by atoms with Crippen LogP contribution >= 0.6 is 11.6 Å². The van der Waals surface area contributed by atoms with Crippen LogP contribution in [-0.2, 0) is 22.5 Å². The van der Waals surface area contributed by atoms with Crippen molar-refractivity contribution >= 4 is 17.6 Å². The number of ether oxygens (including phenoxy) is 2. The number of benzene rings is 3. The first-order valence-corrected chi connectivity index (χ1v) is 10.8. The Bertz CT molecular complexity index is 943. The number of hydrogen-bond donors (Lipinski definition) is 0. The highest BCUT2D eigenvalue weighted by atomic mass is 35.5. The van der Waals surface area contributed by atoms with Gasteiger partial charge in [-0.2, -0.15) is 0 Å². The predicted octanol–water partition coefficient (Wildman–Crippen LogP) is 5.37. The third-order valence-corrected chi connectivity index (χ3v) is 5.15. The van der Waals surface area contributed by atoms with Crippen molar-refractivity contribution in [1.82, 2.24) is 4.90 Å². The maximum atomic E-state index is 12.2. The molecular formula is C26H28ClNO3. The summed E-state index contributed by atoms with van der Waals surface area (Å²) in [7, 11) is 2.01. The second-order valence-corrected chi connectivity index (χ2v) is 8.03. The van der Waals surface area contributed by atoms with E-state index in [4.69, 9.17) is 21.1 Å². The van der Waals surface area contributed by atoms with Gasteiger partial charge in [-0.05, 0) is 61.3 Å². The van der Waals surface area contributed by atoms with Crippen LogP contribution in [0, 0.1) is 0 Å². The number of carbonyl (C=O) groups is 1. The Morgan fingerprint density at radius 3 is 2.16 bits per heavy atom. The Labute approximate surface area is 189 Å². The molecule has 0 spiro atoms. The predicted molar refractivity (Wildman–Crippen MR) is 125 cm³/mol. The summed E-state index contributed by atoms with van der Waals surface area (Å²) in [6.07, 6.45) is 0.146. The van der Waals surface area contributed by atoms with Crippen molar-refractivity contribution in [2.45, 2.75) is 26.0 Å². The fourth-order valence-electron chi connectivity index (χ4n) is 3.17. The van der Waals surface area contributed by atoms with Crippen LogP contribution in [0.2, 0.25) is 5.02 Å². The molecule has 0 radical (unpaired) electrons. The number of rotatable bonds is 10. The van der Waals surface area contributed by atoms with Crippen molar-refractivity contribution in [2.75, 3.05) is 20.2 Å². The Morgan fingerprint density at radius 1 is 0.903 bits per heavy atom. The van der Waals surface area contributed by atoms with Crippen LogP contribution in [-0.4, -0.2) is 37.2 Å². The molecule has 0 heterocycles. The molecule has 0 amide bonds. The molecule has 162 valence electrons. The minimum atomic E-state index is -0.665. The van der Waals surface area contributed by atoms with Crippen molar-refractivity contribution in [2.24, 2.45) is 0 Å². The van der Waals surface area contributed by atoms with Crippen LogP contribution in [0.3, 0.4) is 0 Å². The van der Waals surface area contributed by atoms with Crippen LogP contribution in [0.5, 0.6) is 5.75 Å². The van der Waals surface area contributed by atoms with Crippen molar-refractivity contribution < 1.29 is 14.3 Å². The highest BCUT2D eigenvalue weighted by Gasteiger charge is 2.16. The second kappa shape index (κ2) is 11.5. The molecule has 0 saturated carbocycles. The normalized spacial score (nSPS) is 11.9. The van der Waals surface area contributed by atoms with E-state index in [1.54, 1.807) is 6.92 Å². The average molecular weight is 438 g/mol. The third-order valence-electron chi connectivity index (χ3n) is 4.90. The van der Waals surface area contributed by atoms with Gasteiger partial charge in [0.15, 0.2) is 6.10 Å². The van der Waals surface area contributed by atoms with Crippen LogP contribution < -0.4 is 4.74 Å². The summed E-state index contributed by atoms with van der Waals surface area (Å²) in [5, 5.41) is 0.733. The van der Waals surface area contributed by atoms with E-state index in [0.29, 0.717) is 18.9 Å². The van der Waals surface area contributed by atoms with Gasteiger partial charge in [0.25, 0.3) is 0 Å². The summed E-state index contributed by atoms with van der Waals surface area (Å²) < 4.78 is 11.1. The standard InChI is InChI=1S/C26H28ClNO3/c1-20(26(29)30-17-16-28(2)19-23-6-4-3-5-7-23)31-25-14-10-22(11-15-25)18-21-8-12-24(27)13-9-21/h3-15,20H,16-19H2,1-2H3. The first-order valence-electron chi connectivity index (χ1n) is 10.4. The Hall–Kier alpha value is -2.82. The van der Waals surface area contributed by atoms with Gasteiger partial charge in [0.05, 0.1) is 0 Å².